The molecule has 1 aliphatic heterocycles. The molecule has 0 saturated carbocycles. The number of rotatable bonds is 2. The fourth-order valence-corrected chi connectivity index (χ4v) is 2.68. The molecule has 0 spiro atoms. The first kappa shape index (κ1) is 13.0. The molecule has 108 valence electrons. The van der Waals surface area contributed by atoms with Crippen molar-refractivity contribution in [2.24, 2.45) is 0 Å². The number of carbonyl (C=O) groups excluding carboxylic acids is 1. The molecule has 6 nitrogen and oxygen atoms in total. The predicted molar refractivity (Wildman–Crippen MR) is 88.3 cm³/mol. The van der Waals surface area contributed by atoms with Gasteiger partial charge in [-0.1, -0.05) is 12.1 Å². The van der Waals surface area contributed by atoms with Crippen molar-refractivity contribution < 1.29 is 4.79 Å². The topological polar surface area (TPSA) is 82.7 Å². The van der Waals surface area contributed by atoms with Crippen LogP contribution in [-0.4, -0.2) is 20.9 Å². The van der Waals surface area contributed by atoms with E-state index in [2.05, 4.69) is 41.5 Å². The standard InChI is InChI=1S/C15H10BrN5O/c16-8-5-9-10(14(22)21-13(9)17-6-8)7-18-15-19-11-3-1-2-4-12(11)20-15/h1-7H,(H,17,21,22)(H2,18,19,20). The SMILES string of the molecule is O=C1Nc2ncc(Br)cc2C1=CNc1nc2ccccc2[nH]1. The molecule has 22 heavy (non-hydrogen) atoms. The quantitative estimate of drug-likeness (QED) is 0.616. The number of nitrogens with zero attached hydrogens (tertiary/aromatic N) is 2. The molecule has 0 saturated heterocycles. The number of aromatic nitrogens is 3. The van der Waals surface area contributed by atoms with Gasteiger partial charge in [0.05, 0.1) is 16.6 Å². The summed E-state index contributed by atoms with van der Waals surface area (Å²) in [6.07, 6.45) is 3.28. The summed E-state index contributed by atoms with van der Waals surface area (Å²) in [5.41, 5.74) is 3.07. The van der Waals surface area contributed by atoms with E-state index in [0.717, 1.165) is 21.1 Å². The normalized spacial score (nSPS) is 15.1. The molecule has 3 aromatic rings. The maximum Gasteiger partial charge on any atom is 0.259 e. The monoisotopic (exact) mass is 355 g/mol. The molecular weight excluding hydrogens is 346 g/mol. The Kier molecular flexibility index (Phi) is 2.93. The van der Waals surface area contributed by atoms with Crippen LogP contribution in [-0.2, 0) is 4.79 Å². The van der Waals surface area contributed by atoms with Crippen LogP contribution < -0.4 is 10.6 Å². The van der Waals surface area contributed by atoms with Crippen LogP contribution in [0.3, 0.4) is 0 Å². The predicted octanol–water partition coefficient (Wildman–Crippen LogP) is 3.13. The third-order valence-corrected chi connectivity index (χ3v) is 3.80. The highest BCUT2D eigenvalue weighted by atomic mass is 79.9. The highest BCUT2D eigenvalue weighted by Crippen LogP contribution is 2.31. The summed E-state index contributed by atoms with van der Waals surface area (Å²) in [7, 11) is 0. The number of aromatic amines is 1. The number of amides is 1. The molecule has 1 aromatic carbocycles. The number of benzene rings is 1. The Labute approximate surface area is 133 Å². The summed E-state index contributed by atoms with van der Waals surface area (Å²) < 4.78 is 0.817. The van der Waals surface area contributed by atoms with E-state index in [4.69, 9.17) is 0 Å². The average Bonchev–Trinajstić information content (AvgIpc) is 3.05. The van der Waals surface area contributed by atoms with Gasteiger partial charge in [-0.15, -0.1) is 0 Å². The van der Waals surface area contributed by atoms with Crippen LogP contribution in [0.25, 0.3) is 16.6 Å². The van der Waals surface area contributed by atoms with Gasteiger partial charge in [-0.3, -0.25) is 4.79 Å². The first-order valence-electron chi connectivity index (χ1n) is 6.59. The smallest absolute Gasteiger partial charge is 0.259 e. The maximum atomic E-state index is 12.0. The Balaban J connectivity index is 1.68. The van der Waals surface area contributed by atoms with Crippen molar-refractivity contribution in [3.63, 3.8) is 0 Å². The third kappa shape index (κ3) is 2.15. The van der Waals surface area contributed by atoms with Crippen LogP contribution >= 0.6 is 15.9 Å². The number of para-hydroxylation sites is 2. The van der Waals surface area contributed by atoms with Crippen molar-refractivity contribution in [2.45, 2.75) is 0 Å². The van der Waals surface area contributed by atoms with Gasteiger partial charge in [0.1, 0.15) is 5.82 Å². The Hall–Kier alpha value is -2.67. The summed E-state index contributed by atoms with van der Waals surface area (Å²) in [5.74, 6) is 0.952. The minimum Gasteiger partial charge on any atom is -0.332 e. The zero-order valence-electron chi connectivity index (χ0n) is 11.2. The minimum absolute atomic E-state index is 0.191. The van der Waals surface area contributed by atoms with Gasteiger partial charge in [0.25, 0.3) is 5.91 Å². The summed E-state index contributed by atoms with van der Waals surface area (Å²) in [5, 5.41) is 5.76. The van der Waals surface area contributed by atoms with Crippen molar-refractivity contribution in [1.29, 1.82) is 0 Å². The summed E-state index contributed by atoms with van der Waals surface area (Å²) in [6.45, 7) is 0. The van der Waals surface area contributed by atoms with E-state index in [0.29, 0.717) is 17.3 Å². The van der Waals surface area contributed by atoms with E-state index in [-0.39, 0.29) is 5.91 Å². The Bertz CT molecular complexity index is 898. The van der Waals surface area contributed by atoms with Crippen molar-refractivity contribution in [1.82, 2.24) is 15.0 Å². The third-order valence-electron chi connectivity index (χ3n) is 3.36. The number of hydrogen-bond acceptors (Lipinski definition) is 4. The fraction of sp³-hybridized carbons (Fsp3) is 0. The van der Waals surface area contributed by atoms with Crippen LogP contribution in [0, 0.1) is 0 Å². The van der Waals surface area contributed by atoms with Crippen molar-refractivity contribution >= 4 is 50.2 Å². The second-order valence-electron chi connectivity index (χ2n) is 4.81. The van der Waals surface area contributed by atoms with Crippen LogP contribution in [0.4, 0.5) is 11.8 Å². The number of halogens is 1. The second kappa shape index (κ2) is 4.96. The maximum absolute atomic E-state index is 12.0. The van der Waals surface area contributed by atoms with Crippen molar-refractivity contribution in [3.05, 3.63) is 52.8 Å². The molecule has 7 heteroatoms. The molecule has 0 fully saturated rings. The molecule has 0 aliphatic carbocycles. The van der Waals surface area contributed by atoms with Gasteiger partial charge in [0.15, 0.2) is 0 Å². The number of pyridine rings is 1. The summed E-state index contributed by atoms with van der Waals surface area (Å²) >= 11 is 3.36. The number of fused-ring (bicyclic) bond motifs is 2. The number of H-pyrrole nitrogens is 1. The van der Waals surface area contributed by atoms with E-state index < -0.39 is 0 Å². The molecule has 0 atom stereocenters. The van der Waals surface area contributed by atoms with Crippen LogP contribution in [0.15, 0.2) is 47.2 Å². The zero-order chi connectivity index (χ0) is 15.1. The Morgan fingerprint density at radius 2 is 2.14 bits per heavy atom. The van der Waals surface area contributed by atoms with Crippen LogP contribution in [0.5, 0.6) is 0 Å². The molecule has 0 unspecified atom stereocenters. The van der Waals surface area contributed by atoms with Crippen molar-refractivity contribution in [3.8, 4) is 0 Å². The zero-order valence-corrected chi connectivity index (χ0v) is 12.8. The lowest BCUT2D eigenvalue weighted by Gasteiger charge is -1.99. The van der Waals surface area contributed by atoms with E-state index in [9.17, 15) is 4.79 Å². The van der Waals surface area contributed by atoms with E-state index in [1.54, 1.807) is 12.4 Å². The highest BCUT2D eigenvalue weighted by molar-refractivity contribution is 9.10. The number of carbonyl (C=O) groups is 1. The van der Waals surface area contributed by atoms with Gasteiger partial charge in [-0.25, -0.2) is 9.97 Å². The second-order valence-corrected chi connectivity index (χ2v) is 5.72. The summed E-state index contributed by atoms with van der Waals surface area (Å²) in [4.78, 5) is 23.8. The highest BCUT2D eigenvalue weighted by Gasteiger charge is 2.25. The molecule has 3 heterocycles. The average molecular weight is 356 g/mol. The number of nitrogens with one attached hydrogen (secondary N) is 3. The molecule has 1 aliphatic rings. The molecule has 4 rings (SSSR count). The molecule has 0 radical (unpaired) electrons. The van der Waals surface area contributed by atoms with Gasteiger partial charge < -0.3 is 15.6 Å². The number of imidazole rings is 1. The van der Waals surface area contributed by atoms with Crippen molar-refractivity contribution in [2.75, 3.05) is 10.6 Å². The molecule has 1 amide bonds. The summed E-state index contributed by atoms with van der Waals surface area (Å²) in [6, 6.07) is 9.58. The Morgan fingerprint density at radius 1 is 1.27 bits per heavy atom. The van der Waals surface area contributed by atoms with Gasteiger partial charge in [-0.05, 0) is 34.1 Å². The van der Waals surface area contributed by atoms with Gasteiger partial charge in [-0.2, -0.15) is 0 Å². The largest absolute Gasteiger partial charge is 0.332 e. The van der Waals surface area contributed by atoms with E-state index in [1.165, 1.54) is 0 Å². The fourth-order valence-electron chi connectivity index (χ4n) is 2.35. The Morgan fingerprint density at radius 3 is 3.00 bits per heavy atom. The van der Waals surface area contributed by atoms with Gasteiger partial charge in [0.2, 0.25) is 5.95 Å². The van der Waals surface area contributed by atoms with Crippen LogP contribution in [0.2, 0.25) is 0 Å². The lowest BCUT2D eigenvalue weighted by atomic mass is 10.1. The first-order valence-corrected chi connectivity index (χ1v) is 7.39. The van der Waals surface area contributed by atoms with Gasteiger partial charge in [0, 0.05) is 22.4 Å². The van der Waals surface area contributed by atoms with E-state index >= 15 is 0 Å². The molecular formula is C15H10BrN5O. The molecule has 0 bridgehead atoms. The van der Waals surface area contributed by atoms with Crippen LogP contribution in [0.1, 0.15) is 5.56 Å². The number of hydrogen-bond donors (Lipinski definition) is 3. The molecule has 3 N–H and O–H groups in total. The lowest BCUT2D eigenvalue weighted by molar-refractivity contribution is -0.110. The van der Waals surface area contributed by atoms with E-state index in [1.807, 2.05) is 30.3 Å². The number of anilines is 2. The first-order chi connectivity index (χ1) is 10.7. The lowest BCUT2D eigenvalue weighted by Crippen LogP contribution is -2.05. The molecule has 2 aromatic heterocycles. The minimum atomic E-state index is -0.191. The van der Waals surface area contributed by atoms with Gasteiger partial charge >= 0.3 is 0 Å².